The number of hydrogen-bond acceptors (Lipinski definition) is 4. The number of H-pyrrole nitrogens is 1. The molecule has 146 valence electrons. The summed E-state index contributed by atoms with van der Waals surface area (Å²) in [6.07, 6.45) is 5.67. The van der Waals surface area contributed by atoms with Gasteiger partial charge in [0.25, 0.3) is 0 Å². The monoisotopic (exact) mass is 371 g/mol. The van der Waals surface area contributed by atoms with Crippen LogP contribution < -0.4 is 5.46 Å². The van der Waals surface area contributed by atoms with Crippen molar-refractivity contribution in [2.75, 3.05) is 0 Å². The number of phenols is 2. The Labute approximate surface area is 160 Å². The zero-order valence-electron chi connectivity index (χ0n) is 16.6. The summed E-state index contributed by atoms with van der Waals surface area (Å²) in [6.45, 7) is 9.27. The van der Waals surface area contributed by atoms with E-state index in [1.54, 1.807) is 6.07 Å². The highest BCUT2D eigenvalue weighted by Crippen LogP contribution is 2.59. The van der Waals surface area contributed by atoms with E-state index in [0.717, 1.165) is 36.8 Å². The van der Waals surface area contributed by atoms with Crippen molar-refractivity contribution >= 4 is 23.5 Å². The number of benzene rings is 1. The molecule has 27 heavy (non-hydrogen) atoms. The van der Waals surface area contributed by atoms with Gasteiger partial charge in [-0.15, -0.1) is 0 Å². The van der Waals surface area contributed by atoms with Crippen LogP contribution in [-0.2, 0) is 5.41 Å². The fraction of sp³-hybridized carbons (Fsp3) is 0.619. The number of aromatic nitrogens is 1. The minimum Gasteiger partial charge on any atom is -0.504 e. The highest BCUT2D eigenvalue weighted by molar-refractivity contribution is 6.63. The molecule has 0 spiro atoms. The van der Waals surface area contributed by atoms with Crippen LogP contribution in [0.2, 0.25) is 0 Å². The third kappa shape index (κ3) is 2.53. The lowest BCUT2D eigenvalue weighted by Gasteiger charge is -2.51. The summed E-state index contributed by atoms with van der Waals surface area (Å²) >= 11 is 0. The summed E-state index contributed by atoms with van der Waals surface area (Å²) in [7, 11) is -1.86. The standard InChI is InChI=1S/C21H30BNO4/c1-11-6-7-14-20(2,3)8-5-9-21(14,4)15-12-10-13(24)19(25)16(22(26)27)18(12)23-17(11)15/h10-11,14,23-27H,5-9H2,1-4H3/t11?,14-,21-/m1/s1. The number of hydrogen-bond donors (Lipinski definition) is 5. The van der Waals surface area contributed by atoms with E-state index in [1.165, 1.54) is 12.0 Å². The first-order chi connectivity index (χ1) is 12.6. The Kier molecular flexibility index (Phi) is 4.10. The predicted molar refractivity (Wildman–Crippen MR) is 108 cm³/mol. The van der Waals surface area contributed by atoms with Gasteiger partial charge in [-0.2, -0.15) is 0 Å². The Morgan fingerprint density at radius 2 is 1.81 bits per heavy atom. The molecule has 0 aliphatic heterocycles. The molecular weight excluding hydrogens is 341 g/mol. The zero-order valence-corrected chi connectivity index (χ0v) is 16.6. The number of rotatable bonds is 1. The SMILES string of the molecule is CC1CC[C@@H]2C(C)(C)CCC[C@@]2(C)c2c1[nH]c1c(B(O)O)c(O)c(O)cc21. The molecule has 0 saturated heterocycles. The maximum Gasteiger partial charge on any atom is 0.494 e. The molecule has 0 radical (unpaired) electrons. The van der Waals surface area contributed by atoms with Gasteiger partial charge in [-0.3, -0.25) is 0 Å². The lowest BCUT2D eigenvalue weighted by atomic mass is 9.53. The van der Waals surface area contributed by atoms with Crippen LogP contribution in [0.3, 0.4) is 0 Å². The molecule has 6 heteroatoms. The van der Waals surface area contributed by atoms with Crippen molar-refractivity contribution in [2.45, 2.75) is 71.1 Å². The molecule has 5 N–H and O–H groups in total. The van der Waals surface area contributed by atoms with Gasteiger partial charge in [0.05, 0.1) is 5.46 Å². The Morgan fingerprint density at radius 3 is 2.48 bits per heavy atom. The van der Waals surface area contributed by atoms with Crippen molar-refractivity contribution in [3.63, 3.8) is 0 Å². The van der Waals surface area contributed by atoms with Crippen molar-refractivity contribution < 1.29 is 20.3 Å². The van der Waals surface area contributed by atoms with Gasteiger partial charge in [0.2, 0.25) is 0 Å². The normalized spacial score (nSPS) is 29.9. The molecule has 1 heterocycles. The maximum absolute atomic E-state index is 10.3. The first-order valence-electron chi connectivity index (χ1n) is 10.0. The summed E-state index contributed by atoms with van der Waals surface area (Å²) in [5, 5.41) is 41.1. The molecule has 3 atom stereocenters. The zero-order chi connectivity index (χ0) is 19.7. The minimum absolute atomic E-state index is 0.0412. The van der Waals surface area contributed by atoms with Crippen LogP contribution in [0.25, 0.3) is 10.9 Å². The first kappa shape index (κ1) is 18.7. The van der Waals surface area contributed by atoms with Crippen molar-refractivity contribution in [3.8, 4) is 11.5 Å². The van der Waals surface area contributed by atoms with Gasteiger partial charge in [-0.05, 0) is 60.0 Å². The topological polar surface area (TPSA) is 96.7 Å². The molecular formula is C21H30BNO4. The van der Waals surface area contributed by atoms with Crippen LogP contribution in [-0.4, -0.2) is 32.4 Å². The third-order valence-corrected chi connectivity index (χ3v) is 7.56. The van der Waals surface area contributed by atoms with Gasteiger partial charge in [0.1, 0.15) is 0 Å². The molecule has 1 aromatic carbocycles. The lowest BCUT2D eigenvalue weighted by Crippen LogP contribution is -2.44. The Morgan fingerprint density at radius 1 is 1.11 bits per heavy atom. The molecule has 5 nitrogen and oxygen atoms in total. The Hall–Kier alpha value is -1.66. The fourth-order valence-corrected chi connectivity index (χ4v) is 6.28. The molecule has 4 rings (SSSR count). The van der Waals surface area contributed by atoms with Gasteiger partial charge in [-0.1, -0.05) is 34.1 Å². The van der Waals surface area contributed by atoms with E-state index in [0.29, 0.717) is 17.4 Å². The summed E-state index contributed by atoms with van der Waals surface area (Å²) in [5.41, 5.74) is 2.97. The summed E-state index contributed by atoms with van der Waals surface area (Å²) in [4.78, 5) is 3.42. The van der Waals surface area contributed by atoms with Crippen LogP contribution in [0.15, 0.2) is 6.07 Å². The van der Waals surface area contributed by atoms with Gasteiger partial charge < -0.3 is 25.2 Å². The molecule has 1 fully saturated rings. The van der Waals surface area contributed by atoms with E-state index in [-0.39, 0.29) is 22.0 Å². The second-order valence-electron chi connectivity index (χ2n) is 9.66. The van der Waals surface area contributed by atoms with Gasteiger partial charge >= 0.3 is 7.12 Å². The average molecular weight is 371 g/mol. The molecule has 2 aromatic rings. The maximum atomic E-state index is 10.3. The molecule has 1 unspecified atom stereocenters. The molecule has 1 aromatic heterocycles. The van der Waals surface area contributed by atoms with E-state index in [2.05, 4.69) is 32.7 Å². The molecule has 2 aliphatic carbocycles. The number of nitrogens with one attached hydrogen (secondary N) is 1. The highest BCUT2D eigenvalue weighted by Gasteiger charge is 2.51. The second-order valence-corrected chi connectivity index (χ2v) is 9.66. The molecule has 0 amide bonds. The van der Waals surface area contributed by atoms with Gasteiger partial charge in [-0.25, -0.2) is 0 Å². The Bertz CT molecular complexity index is 903. The van der Waals surface area contributed by atoms with E-state index in [9.17, 15) is 20.3 Å². The fourth-order valence-electron chi connectivity index (χ4n) is 6.28. The second kappa shape index (κ2) is 5.92. The van der Waals surface area contributed by atoms with Gasteiger partial charge in [0, 0.05) is 16.6 Å². The molecule has 1 saturated carbocycles. The van der Waals surface area contributed by atoms with Crippen molar-refractivity contribution in [1.82, 2.24) is 4.98 Å². The Balaban J connectivity index is 2.08. The molecule has 2 aliphatic rings. The summed E-state index contributed by atoms with van der Waals surface area (Å²) in [5.74, 6) is 0.0465. The highest BCUT2D eigenvalue weighted by atomic mass is 16.4. The van der Waals surface area contributed by atoms with Crippen LogP contribution in [0.5, 0.6) is 11.5 Å². The van der Waals surface area contributed by atoms with Crippen molar-refractivity contribution in [1.29, 1.82) is 0 Å². The number of phenolic OH excluding ortho intramolecular Hbond substituents is 2. The summed E-state index contributed by atoms with van der Waals surface area (Å²) in [6, 6.07) is 1.59. The van der Waals surface area contributed by atoms with Crippen LogP contribution in [0, 0.1) is 11.3 Å². The van der Waals surface area contributed by atoms with E-state index >= 15 is 0 Å². The van der Waals surface area contributed by atoms with Crippen molar-refractivity contribution in [3.05, 3.63) is 17.3 Å². The summed E-state index contributed by atoms with van der Waals surface area (Å²) < 4.78 is 0. The molecule has 0 bridgehead atoms. The van der Waals surface area contributed by atoms with Crippen LogP contribution >= 0.6 is 0 Å². The third-order valence-electron chi connectivity index (χ3n) is 7.56. The van der Waals surface area contributed by atoms with Crippen LogP contribution in [0.4, 0.5) is 0 Å². The number of aromatic hydroxyl groups is 2. The van der Waals surface area contributed by atoms with E-state index < -0.39 is 12.9 Å². The average Bonchev–Trinajstić information content (AvgIpc) is 2.88. The predicted octanol–water partition coefficient (Wildman–Crippen LogP) is 3.24. The van der Waals surface area contributed by atoms with Gasteiger partial charge in [0.15, 0.2) is 11.5 Å². The quantitative estimate of drug-likeness (QED) is 0.393. The van der Waals surface area contributed by atoms with Crippen LogP contribution in [0.1, 0.15) is 77.0 Å². The van der Waals surface area contributed by atoms with Crippen molar-refractivity contribution in [2.24, 2.45) is 11.3 Å². The first-order valence-corrected chi connectivity index (χ1v) is 10.0. The van der Waals surface area contributed by atoms with E-state index in [4.69, 9.17) is 0 Å². The largest absolute Gasteiger partial charge is 0.504 e. The minimum atomic E-state index is -1.86. The van der Waals surface area contributed by atoms with E-state index in [1.807, 2.05) is 0 Å². The number of fused-ring (bicyclic) bond motifs is 5. The lowest BCUT2D eigenvalue weighted by molar-refractivity contribution is 0.0505. The number of aromatic amines is 1. The smallest absolute Gasteiger partial charge is 0.494 e.